The zero-order chi connectivity index (χ0) is 12.0. The standard InChI is InChI=1S/C13H21NO2/c1-10(11(2)16)14-13(9-15)8-12-6-4-3-5-7-12/h3-7,10-11,13-16H,8-9H2,1-2H3. The number of aliphatic hydroxyl groups excluding tert-OH is 2. The van der Waals surface area contributed by atoms with Gasteiger partial charge in [0.05, 0.1) is 12.7 Å². The van der Waals surface area contributed by atoms with E-state index in [4.69, 9.17) is 0 Å². The summed E-state index contributed by atoms with van der Waals surface area (Å²) >= 11 is 0. The highest BCUT2D eigenvalue weighted by molar-refractivity contribution is 5.15. The quantitative estimate of drug-likeness (QED) is 0.673. The largest absolute Gasteiger partial charge is 0.395 e. The second-order valence-electron chi connectivity index (χ2n) is 4.27. The molecule has 3 atom stereocenters. The smallest absolute Gasteiger partial charge is 0.0662 e. The normalized spacial score (nSPS) is 16.8. The molecule has 0 aliphatic carbocycles. The Morgan fingerprint density at radius 3 is 2.31 bits per heavy atom. The van der Waals surface area contributed by atoms with Gasteiger partial charge in [0.15, 0.2) is 0 Å². The van der Waals surface area contributed by atoms with E-state index in [9.17, 15) is 10.2 Å². The van der Waals surface area contributed by atoms with Crippen LogP contribution in [0.3, 0.4) is 0 Å². The summed E-state index contributed by atoms with van der Waals surface area (Å²) in [6.07, 6.45) is 0.360. The summed E-state index contributed by atoms with van der Waals surface area (Å²) in [4.78, 5) is 0. The molecule has 0 aliphatic rings. The van der Waals surface area contributed by atoms with Crippen LogP contribution in [0.1, 0.15) is 19.4 Å². The highest BCUT2D eigenvalue weighted by Crippen LogP contribution is 2.04. The van der Waals surface area contributed by atoms with Crippen LogP contribution in [0.25, 0.3) is 0 Å². The first-order chi connectivity index (χ1) is 7.63. The lowest BCUT2D eigenvalue weighted by atomic mass is 10.0. The fraction of sp³-hybridized carbons (Fsp3) is 0.538. The Morgan fingerprint density at radius 1 is 1.19 bits per heavy atom. The molecule has 3 heteroatoms. The first kappa shape index (κ1) is 13.2. The highest BCUT2D eigenvalue weighted by Gasteiger charge is 2.14. The first-order valence-corrected chi connectivity index (χ1v) is 5.72. The molecule has 3 nitrogen and oxygen atoms in total. The zero-order valence-corrected chi connectivity index (χ0v) is 9.93. The minimum atomic E-state index is -0.412. The number of benzene rings is 1. The van der Waals surface area contributed by atoms with Crippen molar-refractivity contribution in [1.82, 2.24) is 5.32 Å². The maximum atomic E-state index is 9.39. The molecule has 1 aromatic carbocycles. The number of nitrogens with one attached hydrogen (secondary N) is 1. The summed E-state index contributed by atoms with van der Waals surface area (Å²) in [5.74, 6) is 0. The molecule has 1 aromatic rings. The number of hydrogen-bond donors (Lipinski definition) is 3. The molecule has 0 saturated heterocycles. The SMILES string of the molecule is CC(O)C(C)NC(CO)Cc1ccccc1. The van der Waals surface area contributed by atoms with Crippen molar-refractivity contribution in [2.24, 2.45) is 0 Å². The topological polar surface area (TPSA) is 52.5 Å². The van der Waals surface area contributed by atoms with Crippen LogP contribution < -0.4 is 5.32 Å². The van der Waals surface area contributed by atoms with E-state index in [1.165, 1.54) is 5.56 Å². The van der Waals surface area contributed by atoms with Gasteiger partial charge < -0.3 is 15.5 Å². The third kappa shape index (κ3) is 4.31. The lowest BCUT2D eigenvalue weighted by Crippen LogP contribution is -2.45. The first-order valence-electron chi connectivity index (χ1n) is 5.72. The van der Waals surface area contributed by atoms with Crippen LogP contribution in [0, 0.1) is 0 Å². The van der Waals surface area contributed by atoms with E-state index < -0.39 is 6.10 Å². The van der Waals surface area contributed by atoms with Crippen LogP contribution in [0.15, 0.2) is 30.3 Å². The maximum absolute atomic E-state index is 9.39. The van der Waals surface area contributed by atoms with Crippen molar-refractivity contribution in [3.63, 3.8) is 0 Å². The summed E-state index contributed by atoms with van der Waals surface area (Å²) in [6.45, 7) is 3.74. The summed E-state index contributed by atoms with van der Waals surface area (Å²) in [5, 5.41) is 21.9. The van der Waals surface area contributed by atoms with Crippen LogP contribution in [-0.4, -0.2) is 35.0 Å². The van der Waals surface area contributed by atoms with Gasteiger partial charge in [0.2, 0.25) is 0 Å². The summed E-state index contributed by atoms with van der Waals surface area (Å²) in [6, 6.07) is 10.0. The molecule has 0 amide bonds. The zero-order valence-electron chi connectivity index (χ0n) is 9.93. The van der Waals surface area contributed by atoms with Gasteiger partial charge in [-0.15, -0.1) is 0 Å². The van der Waals surface area contributed by atoms with Crippen LogP contribution in [-0.2, 0) is 6.42 Å². The Hall–Kier alpha value is -0.900. The van der Waals surface area contributed by atoms with Gasteiger partial charge in [-0.25, -0.2) is 0 Å². The Balaban J connectivity index is 2.49. The van der Waals surface area contributed by atoms with Crippen LogP contribution >= 0.6 is 0 Å². The monoisotopic (exact) mass is 223 g/mol. The van der Waals surface area contributed by atoms with Crippen molar-refractivity contribution >= 4 is 0 Å². The maximum Gasteiger partial charge on any atom is 0.0662 e. The van der Waals surface area contributed by atoms with Gasteiger partial charge in [-0.2, -0.15) is 0 Å². The molecule has 0 bridgehead atoms. The summed E-state index contributed by atoms with van der Waals surface area (Å²) < 4.78 is 0. The van der Waals surface area contributed by atoms with Gasteiger partial charge in [0.25, 0.3) is 0 Å². The molecule has 0 aromatic heterocycles. The Bertz CT molecular complexity index is 287. The van der Waals surface area contributed by atoms with Gasteiger partial charge in [0.1, 0.15) is 0 Å². The van der Waals surface area contributed by atoms with Crippen LogP contribution in [0.2, 0.25) is 0 Å². The van der Waals surface area contributed by atoms with Gasteiger partial charge in [-0.1, -0.05) is 30.3 Å². The molecule has 0 aliphatic heterocycles. The fourth-order valence-corrected chi connectivity index (χ4v) is 1.59. The van der Waals surface area contributed by atoms with Gasteiger partial charge in [-0.05, 0) is 25.8 Å². The van der Waals surface area contributed by atoms with Crippen LogP contribution in [0.4, 0.5) is 0 Å². The van der Waals surface area contributed by atoms with E-state index in [0.717, 1.165) is 6.42 Å². The Morgan fingerprint density at radius 2 is 1.81 bits per heavy atom. The van der Waals surface area contributed by atoms with Crippen molar-refractivity contribution in [3.05, 3.63) is 35.9 Å². The minimum Gasteiger partial charge on any atom is -0.395 e. The molecule has 3 N–H and O–H groups in total. The minimum absolute atomic E-state index is 0.00741. The highest BCUT2D eigenvalue weighted by atomic mass is 16.3. The van der Waals surface area contributed by atoms with Crippen molar-refractivity contribution in [2.75, 3.05) is 6.61 Å². The van der Waals surface area contributed by atoms with Crippen molar-refractivity contribution < 1.29 is 10.2 Å². The van der Waals surface area contributed by atoms with E-state index in [-0.39, 0.29) is 18.7 Å². The number of rotatable bonds is 6. The summed E-state index contributed by atoms with van der Waals surface area (Å²) in [7, 11) is 0. The molecule has 0 spiro atoms. The molecule has 16 heavy (non-hydrogen) atoms. The Labute approximate surface area is 97.1 Å². The van der Waals surface area contributed by atoms with Gasteiger partial charge in [0, 0.05) is 12.1 Å². The van der Waals surface area contributed by atoms with E-state index in [0.29, 0.717) is 0 Å². The molecule has 90 valence electrons. The third-order valence-corrected chi connectivity index (χ3v) is 2.77. The van der Waals surface area contributed by atoms with E-state index in [2.05, 4.69) is 5.32 Å². The van der Waals surface area contributed by atoms with Gasteiger partial charge >= 0.3 is 0 Å². The van der Waals surface area contributed by atoms with Gasteiger partial charge in [-0.3, -0.25) is 0 Å². The second-order valence-corrected chi connectivity index (χ2v) is 4.27. The predicted octanol–water partition coefficient (Wildman–Crippen LogP) is 0.949. The van der Waals surface area contributed by atoms with E-state index >= 15 is 0 Å². The average Bonchev–Trinajstić information content (AvgIpc) is 2.29. The molecule has 0 fully saturated rings. The van der Waals surface area contributed by atoms with Crippen molar-refractivity contribution in [3.8, 4) is 0 Å². The molecule has 0 saturated carbocycles. The van der Waals surface area contributed by atoms with Crippen molar-refractivity contribution in [2.45, 2.75) is 38.5 Å². The van der Waals surface area contributed by atoms with Crippen molar-refractivity contribution in [1.29, 1.82) is 0 Å². The molecule has 1 rings (SSSR count). The summed E-state index contributed by atoms with van der Waals surface area (Å²) in [5.41, 5.74) is 1.19. The molecular formula is C13H21NO2. The second kappa shape index (κ2) is 6.63. The fourth-order valence-electron chi connectivity index (χ4n) is 1.59. The van der Waals surface area contributed by atoms with E-state index in [1.54, 1.807) is 6.92 Å². The lowest BCUT2D eigenvalue weighted by Gasteiger charge is -2.23. The molecule has 0 heterocycles. The van der Waals surface area contributed by atoms with E-state index in [1.807, 2.05) is 37.3 Å². The lowest BCUT2D eigenvalue weighted by molar-refractivity contribution is 0.133. The third-order valence-electron chi connectivity index (χ3n) is 2.77. The number of aliphatic hydroxyl groups is 2. The molecule has 3 unspecified atom stereocenters. The average molecular weight is 223 g/mol. The number of hydrogen-bond acceptors (Lipinski definition) is 3. The molecule has 0 radical (unpaired) electrons. The molecular weight excluding hydrogens is 202 g/mol. The Kier molecular flexibility index (Phi) is 5.46. The van der Waals surface area contributed by atoms with Crippen LogP contribution in [0.5, 0.6) is 0 Å². The predicted molar refractivity (Wildman–Crippen MR) is 65.3 cm³/mol.